The van der Waals surface area contributed by atoms with Gasteiger partial charge in [0.05, 0.1) is 12.5 Å². The van der Waals surface area contributed by atoms with Crippen LogP contribution in [0.5, 0.6) is 0 Å². The Balaban J connectivity index is 2.26. The molecule has 0 aromatic carbocycles. The molecule has 0 fully saturated rings. The van der Waals surface area contributed by atoms with E-state index < -0.39 is 0 Å². The second-order valence-corrected chi connectivity index (χ2v) is 5.91. The van der Waals surface area contributed by atoms with Gasteiger partial charge in [-0.1, -0.05) is 13.8 Å². The predicted molar refractivity (Wildman–Crippen MR) is 86.5 cm³/mol. The first-order chi connectivity index (χ1) is 9.97. The van der Waals surface area contributed by atoms with Gasteiger partial charge in [-0.2, -0.15) is 0 Å². The molecule has 21 heavy (non-hydrogen) atoms. The summed E-state index contributed by atoms with van der Waals surface area (Å²) in [6.45, 7) is 10.1. The van der Waals surface area contributed by atoms with Gasteiger partial charge in [0.1, 0.15) is 5.82 Å². The van der Waals surface area contributed by atoms with Gasteiger partial charge in [-0.05, 0) is 31.5 Å². The SMILES string of the molecule is Cc1cc(C)c(CNC(C)C)c(N(C)Cc2ccoc2)n1. The van der Waals surface area contributed by atoms with Crippen molar-refractivity contribution in [3.05, 3.63) is 47.0 Å². The van der Waals surface area contributed by atoms with E-state index in [1.165, 1.54) is 11.1 Å². The van der Waals surface area contributed by atoms with Crippen LogP contribution in [0.4, 0.5) is 5.82 Å². The minimum Gasteiger partial charge on any atom is -0.472 e. The molecule has 0 aliphatic carbocycles. The van der Waals surface area contributed by atoms with Crippen molar-refractivity contribution in [1.29, 1.82) is 0 Å². The summed E-state index contributed by atoms with van der Waals surface area (Å²) in [6, 6.07) is 4.59. The Morgan fingerprint density at radius 1 is 1.33 bits per heavy atom. The second kappa shape index (κ2) is 6.76. The number of anilines is 1. The highest BCUT2D eigenvalue weighted by Crippen LogP contribution is 2.23. The molecule has 4 heteroatoms. The lowest BCUT2D eigenvalue weighted by atomic mass is 10.1. The molecule has 0 aliphatic heterocycles. The highest BCUT2D eigenvalue weighted by molar-refractivity contribution is 5.51. The van der Waals surface area contributed by atoms with Crippen LogP contribution in [-0.4, -0.2) is 18.1 Å². The smallest absolute Gasteiger partial charge is 0.133 e. The molecule has 2 rings (SSSR count). The monoisotopic (exact) mass is 287 g/mol. The Morgan fingerprint density at radius 3 is 2.71 bits per heavy atom. The van der Waals surface area contributed by atoms with Gasteiger partial charge in [-0.3, -0.25) is 0 Å². The molecule has 1 N–H and O–H groups in total. The summed E-state index contributed by atoms with van der Waals surface area (Å²) in [5.74, 6) is 1.04. The standard InChI is InChI=1S/C17H25N3O/c1-12(2)18-9-16-13(3)8-14(4)19-17(16)20(5)10-15-6-7-21-11-15/h6-8,11-12,18H,9-10H2,1-5H3. The number of hydrogen-bond acceptors (Lipinski definition) is 4. The first kappa shape index (κ1) is 15.6. The zero-order valence-electron chi connectivity index (χ0n) is 13.6. The van der Waals surface area contributed by atoms with E-state index in [-0.39, 0.29) is 0 Å². The molecule has 2 aromatic rings. The van der Waals surface area contributed by atoms with Gasteiger partial charge in [0.2, 0.25) is 0 Å². The molecule has 2 aromatic heterocycles. The number of hydrogen-bond donors (Lipinski definition) is 1. The summed E-state index contributed by atoms with van der Waals surface area (Å²) < 4.78 is 5.15. The van der Waals surface area contributed by atoms with Gasteiger partial charge < -0.3 is 14.6 Å². The van der Waals surface area contributed by atoms with Crippen LogP contribution in [-0.2, 0) is 13.1 Å². The van der Waals surface area contributed by atoms with Crippen LogP contribution in [0, 0.1) is 13.8 Å². The fourth-order valence-electron chi connectivity index (χ4n) is 2.42. The summed E-state index contributed by atoms with van der Waals surface area (Å²) in [5.41, 5.74) is 4.75. The van der Waals surface area contributed by atoms with Gasteiger partial charge in [0.15, 0.2) is 0 Å². The molecular formula is C17H25N3O. The lowest BCUT2D eigenvalue weighted by molar-refractivity contribution is 0.563. The largest absolute Gasteiger partial charge is 0.472 e. The zero-order chi connectivity index (χ0) is 15.4. The van der Waals surface area contributed by atoms with Crippen LogP contribution in [0.1, 0.15) is 36.2 Å². The average Bonchev–Trinajstić information content (AvgIpc) is 2.89. The minimum atomic E-state index is 0.456. The van der Waals surface area contributed by atoms with E-state index in [1.807, 2.05) is 13.0 Å². The number of furan rings is 1. The Bertz CT molecular complexity index is 576. The van der Waals surface area contributed by atoms with Crippen molar-refractivity contribution in [1.82, 2.24) is 10.3 Å². The number of aryl methyl sites for hydroxylation is 2. The lowest BCUT2D eigenvalue weighted by Crippen LogP contribution is -2.26. The molecule has 2 heterocycles. The van der Waals surface area contributed by atoms with E-state index in [0.29, 0.717) is 6.04 Å². The Hall–Kier alpha value is -1.81. The summed E-state index contributed by atoms with van der Waals surface area (Å²) in [5, 5.41) is 3.49. The summed E-state index contributed by atoms with van der Waals surface area (Å²) in [6.07, 6.45) is 3.49. The van der Waals surface area contributed by atoms with Crippen molar-refractivity contribution in [2.45, 2.75) is 46.8 Å². The third-order valence-electron chi connectivity index (χ3n) is 3.50. The highest BCUT2D eigenvalue weighted by atomic mass is 16.3. The molecule has 0 saturated carbocycles. The summed E-state index contributed by atoms with van der Waals surface area (Å²) in [4.78, 5) is 6.93. The van der Waals surface area contributed by atoms with Crippen molar-refractivity contribution < 1.29 is 4.42 Å². The second-order valence-electron chi connectivity index (χ2n) is 5.91. The van der Waals surface area contributed by atoms with Crippen LogP contribution in [0.25, 0.3) is 0 Å². The van der Waals surface area contributed by atoms with E-state index in [1.54, 1.807) is 12.5 Å². The van der Waals surface area contributed by atoms with Crippen LogP contribution < -0.4 is 10.2 Å². The van der Waals surface area contributed by atoms with Crippen molar-refractivity contribution in [3.8, 4) is 0 Å². The van der Waals surface area contributed by atoms with Gasteiger partial charge in [-0.15, -0.1) is 0 Å². The number of pyridine rings is 1. The maximum absolute atomic E-state index is 5.15. The molecule has 114 valence electrons. The van der Waals surface area contributed by atoms with Crippen LogP contribution in [0.2, 0.25) is 0 Å². The first-order valence-corrected chi connectivity index (χ1v) is 7.40. The normalized spacial score (nSPS) is 11.1. The lowest BCUT2D eigenvalue weighted by Gasteiger charge is -2.23. The number of rotatable bonds is 6. The minimum absolute atomic E-state index is 0.456. The molecular weight excluding hydrogens is 262 g/mol. The molecule has 0 bridgehead atoms. The van der Waals surface area contributed by atoms with Crippen molar-refractivity contribution in [2.75, 3.05) is 11.9 Å². The first-order valence-electron chi connectivity index (χ1n) is 7.40. The quantitative estimate of drug-likeness (QED) is 0.884. The van der Waals surface area contributed by atoms with E-state index in [9.17, 15) is 0 Å². The van der Waals surface area contributed by atoms with Crippen LogP contribution in [0.15, 0.2) is 29.1 Å². The van der Waals surface area contributed by atoms with Crippen LogP contribution in [0.3, 0.4) is 0 Å². The fraction of sp³-hybridized carbons (Fsp3) is 0.471. The molecule has 0 spiro atoms. The van der Waals surface area contributed by atoms with Gasteiger partial charge in [0.25, 0.3) is 0 Å². The molecule has 0 amide bonds. The van der Waals surface area contributed by atoms with Crippen molar-refractivity contribution >= 4 is 5.82 Å². The third-order valence-corrected chi connectivity index (χ3v) is 3.50. The number of aromatic nitrogens is 1. The molecule has 4 nitrogen and oxygen atoms in total. The predicted octanol–water partition coefficient (Wildman–Crippen LogP) is 3.43. The molecule has 0 atom stereocenters. The fourth-order valence-corrected chi connectivity index (χ4v) is 2.42. The number of nitrogens with zero attached hydrogens (tertiary/aromatic N) is 2. The van der Waals surface area contributed by atoms with Crippen molar-refractivity contribution in [2.24, 2.45) is 0 Å². The van der Waals surface area contributed by atoms with Gasteiger partial charge in [0, 0.05) is 43.0 Å². The average molecular weight is 287 g/mol. The Labute approximate surface area is 127 Å². The molecule has 0 aliphatic rings. The Kier molecular flexibility index (Phi) is 5.02. The van der Waals surface area contributed by atoms with Gasteiger partial charge >= 0.3 is 0 Å². The highest BCUT2D eigenvalue weighted by Gasteiger charge is 2.14. The van der Waals surface area contributed by atoms with E-state index >= 15 is 0 Å². The maximum Gasteiger partial charge on any atom is 0.133 e. The third kappa shape index (κ3) is 4.08. The maximum atomic E-state index is 5.15. The van der Waals surface area contributed by atoms with E-state index in [2.05, 4.69) is 44.1 Å². The van der Waals surface area contributed by atoms with Crippen molar-refractivity contribution in [3.63, 3.8) is 0 Å². The zero-order valence-corrected chi connectivity index (χ0v) is 13.6. The van der Waals surface area contributed by atoms with Crippen LogP contribution >= 0.6 is 0 Å². The van der Waals surface area contributed by atoms with E-state index in [0.717, 1.165) is 30.2 Å². The summed E-state index contributed by atoms with van der Waals surface area (Å²) >= 11 is 0. The molecule has 0 saturated heterocycles. The number of nitrogens with one attached hydrogen (secondary N) is 1. The molecule has 0 radical (unpaired) electrons. The Morgan fingerprint density at radius 2 is 2.10 bits per heavy atom. The summed E-state index contributed by atoms with van der Waals surface area (Å²) in [7, 11) is 2.08. The van der Waals surface area contributed by atoms with Gasteiger partial charge in [-0.25, -0.2) is 4.98 Å². The molecule has 0 unspecified atom stereocenters. The topological polar surface area (TPSA) is 41.3 Å². The van der Waals surface area contributed by atoms with E-state index in [4.69, 9.17) is 9.40 Å².